The quantitative estimate of drug-likeness (QED) is 0.575. The summed E-state index contributed by atoms with van der Waals surface area (Å²) in [6.07, 6.45) is 1.52. The van der Waals surface area contributed by atoms with Crippen LogP contribution < -0.4 is 10.1 Å². The van der Waals surface area contributed by atoms with Gasteiger partial charge < -0.3 is 24.6 Å². The van der Waals surface area contributed by atoms with Crippen molar-refractivity contribution in [3.63, 3.8) is 0 Å². The standard InChI is InChI=1S/C24H32FNO4/c1-3-29-19-9-6-8-18(16-19)23-20(10-7-11-21(23)25)24(27,12-4-5-14-28-2)22-17-26-13-15-30-22/h6-11,16,22,26-27H,3-5,12-15,17H2,1-2H3/t22-,24?/m1/s1. The van der Waals surface area contributed by atoms with Gasteiger partial charge in [0.25, 0.3) is 0 Å². The molecule has 1 heterocycles. The first-order valence-corrected chi connectivity index (χ1v) is 10.7. The van der Waals surface area contributed by atoms with Crippen molar-refractivity contribution < 1.29 is 23.7 Å². The molecule has 0 amide bonds. The maximum atomic E-state index is 15.2. The smallest absolute Gasteiger partial charge is 0.131 e. The zero-order chi connectivity index (χ0) is 21.4. The first kappa shape index (κ1) is 22.7. The number of ether oxygens (including phenoxy) is 3. The second-order valence-corrected chi connectivity index (χ2v) is 7.56. The van der Waals surface area contributed by atoms with Crippen LogP contribution in [0.5, 0.6) is 5.75 Å². The number of halogens is 1. The largest absolute Gasteiger partial charge is 0.494 e. The van der Waals surface area contributed by atoms with Gasteiger partial charge in [0.1, 0.15) is 23.3 Å². The summed E-state index contributed by atoms with van der Waals surface area (Å²) in [5.41, 5.74) is 0.276. The van der Waals surface area contributed by atoms with Gasteiger partial charge in [0.15, 0.2) is 0 Å². The normalized spacial score (nSPS) is 18.7. The van der Waals surface area contributed by atoms with Crippen LogP contribution in [0.1, 0.15) is 31.7 Å². The van der Waals surface area contributed by atoms with E-state index in [4.69, 9.17) is 14.2 Å². The number of hydrogen-bond donors (Lipinski definition) is 2. The number of aliphatic hydroxyl groups is 1. The first-order chi connectivity index (χ1) is 14.6. The Morgan fingerprint density at radius 1 is 1.23 bits per heavy atom. The highest BCUT2D eigenvalue weighted by Crippen LogP contribution is 2.41. The lowest BCUT2D eigenvalue weighted by molar-refractivity contribution is -0.129. The summed E-state index contributed by atoms with van der Waals surface area (Å²) in [6.45, 7) is 4.81. The second-order valence-electron chi connectivity index (χ2n) is 7.56. The Morgan fingerprint density at radius 3 is 2.80 bits per heavy atom. The van der Waals surface area contributed by atoms with E-state index in [1.807, 2.05) is 31.2 Å². The van der Waals surface area contributed by atoms with Crippen LogP contribution in [-0.2, 0) is 15.1 Å². The minimum Gasteiger partial charge on any atom is -0.494 e. The Labute approximate surface area is 178 Å². The van der Waals surface area contributed by atoms with Crippen LogP contribution in [0, 0.1) is 5.82 Å². The van der Waals surface area contributed by atoms with Crippen molar-refractivity contribution in [2.45, 2.75) is 37.9 Å². The number of nitrogens with one attached hydrogen (secondary N) is 1. The van der Waals surface area contributed by atoms with E-state index in [2.05, 4.69) is 5.32 Å². The van der Waals surface area contributed by atoms with Gasteiger partial charge in [-0.15, -0.1) is 0 Å². The van der Waals surface area contributed by atoms with Crippen molar-refractivity contribution in [3.05, 3.63) is 53.8 Å². The maximum Gasteiger partial charge on any atom is 0.131 e. The number of hydrogen-bond acceptors (Lipinski definition) is 5. The van der Waals surface area contributed by atoms with Crippen molar-refractivity contribution in [2.75, 3.05) is 40.0 Å². The third-order valence-corrected chi connectivity index (χ3v) is 5.53. The van der Waals surface area contributed by atoms with Gasteiger partial charge in [-0.3, -0.25) is 0 Å². The van der Waals surface area contributed by atoms with Gasteiger partial charge in [-0.1, -0.05) is 24.3 Å². The molecule has 1 aliphatic rings. The molecule has 5 nitrogen and oxygen atoms in total. The molecule has 0 bridgehead atoms. The van der Waals surface area contributed by atoms with Crippen LogP contribution in [0.3, 0.4) is 0 Å². The minimum atomic E-state index is -1.33. The van der Waals surface area contributed by atoms with Crippen molar-refractivity contribution in [3.8, 4) is 16.9 Å². The van der Waals surface area contributed by atoms with E-state index in [9.17, 15) is 5.11 Å². The third-order valence-electron chi connectivity index (χ3n) is 5.53. The lowest BCUT2D eigenvalue weighted by Crippen LogP contribution is -2.51. The molecule has 0 radical (unpaired) electrons. The van der Waals surface area contributed by atoms with Crippen molar-refractivity contribution in [1.82, 2.24) is 5.32 Å². The van der Waals surface area contributed by atoms with E-state index in [-0.39, 0.29) is 5.82 Å². The molecule has 164 valence electrons. The molecule has 6 heteroatoms. The Bertz CT molecular complexity index is 810. The van der Waals surface area contributed by atoms with E-state index < -0.39 is 11.7 Å². The lowest BCUT2D eigenvalue weighted by Gasteiger charge is -2.40. The van der Waals surface area contributed by atoms with Crippen LogP contribution in [0.2, 0.25) is 0 Å². The van der Waals surface area contributed by atoms with Gasteiger partial charge in [-0.2, -0.15) is 0 Å². The molecule has 30 heavy (non-hydrogen) atoms. The van der Waals surface area contributed by atoms with Gasteiger partial charge >= 0.3 is 0 Å². The molecule has 0 aliphatic carbocycles. The Morgan fingerprint density at radius 2 is 2.07 bits per heavy atom. The predicted molar refractivity (Wildman–Crippen MR) is 115 cm³/mol. The minimum absolute atomic E-state index is 0.375. The maximum absolute atomic E-state index is 15.2. The number of benzene rings is 2. The Balaban J connectivity index is 2.04. The van der Waals surface area contributed by atoms with Crippen molar-refractivity contribution in [1.29, 1.82) is 0 Å². The molecular formula is C24H32FNO4. The van der Waals surface area contributed by atoms with Crippen molar-refractivity contribution >= 4 is 0 Å². The summed E-state index contributed by atoms with van der Waals surface area (Å²) >= 11 is 0. The van der Waals surface area contributed by atoms with Crippen LogP contribution in [0.4, 0.5) is 4.39 Å². The second kappa shape index (κ2) is 10.9. The van der Waals surface area contributed by atoms with E-state index in [0.717, 1.165) is 19.4 Å². The molecule has 0 saturated carbocycles. The molecule has 2 atom stereocenters. The molecule has 0 spiro atoms. The molecular weight excluding hydrogens is 385 g/mol. The van der Waals surface area contributed by atoms with Gasteiger partial charge in [0.05, 0.1) is 13.2 Å². The molecule has 1 saturated heterocycles. The summed E-state index contributed by atoms with van der Waals surface area (Å²) in [5.74, 6) is 0.295. The van der Waals surface area contributed by atoms with Crippen LogP contribution >= 0.6 is 0 Å². The summed E-state index contributed by atoms with van der Waals surface area (Å²) in [6, 6.07) is 12.2. The molecule has 1 fully saturated rings. The van der Waals surface area contributed by atoms with Gasteiger partial charge in [-0.05, 0) is 55.5 Å². The van der Waals surface area contributed by atoms with E-state index >= 15 is 4.39 Å². The summed E-state index contributed by atoms with van der Waals surface area (Å²) in [5, 5.41) is 15.2. The zero-order valence-corrected chi connectivity index (χ0v) is 17.8. The fraction of sp³-hybridized carbons (Fsp3) is 0.500. The average molecular weight is 418 g/mol. The highest BCUT2D eigenvalue weighted by Gasteiger charge is 2.42. The highest BCUT2D eigenvalue weighted by molar-refractivity contribution is 5.70. The summed E-state index contributed by atoms with van der Waals surface area (Å²) in [7, 11) is 1.66. The number of rotatable bonds is 10. The monoisotopic (exact) mass is 417 g/mol. The highest BCUT2D eigenvalue weighted by atomic mass is 19.1. The molecule has 1 aliphatic heterocycles. The van der Waals surface area contributed by atoms with Crippen molar-refractivity contribution in [2.24, 2.45) is 0 Å². The zero-order valence-electron chi connectivity index (χ0n) is 17.8. The summed E-state index contributed by atoms with van der Waals surface area (Å²) < 4.78 is 31.9. The van der Waals surface area contributed by atoms with E-state index in [1.54, 1.807) is 19.2 Å². The molecule has 3 rings (SSSR count). The topological polar surface area (TPSA) is 60.0 Å². The van der Waals surface area contributed by atoms with E-state index in [1.165, 1.54) is 6.07 Å². The fourth-order valence-corrected chi connectivity index (χ4v) is 4.07. The van der Waals surface area contributed by atoms with Crippen LogP contribution in [0.15, 0.2) is 42.5 Å². The van der Waals surface area contributed by atoms with Gasteiger partial charge in [0.2, 0.25) is 0 Å². The molecule has 2 aromatic carbocycles. The number of unbranched alkanes of at least 4 members (excludes halogenated alkanes) is 1. The van der Waals surface area contributed by atoms with E-state index in [0.29, 0.717) is 55.2 Å². The molecule has 2 N–H and O–H groups in total. The Hall–Kier alpha value is -1.99. The predicted octanol–water partition coefficient (Wildman–Crippen LogP) is 3.88. The third kappa shape index (κ3) is 5.19. The average Bonchev–Trinajstić information content (AvgIpc) is 2.77. The van der Waals surface area contributed by atoms with Gasteiger partial charge in [-0.25, -0.2) is 4.39 Å². The molecule has 0 aromatic heterocycles. The number of methoxy groups -OCH3 is 1. The fourth-order valence-electron chi connectivity index (χ4n) is 4.07. The Kier molecular flexibility index (Phi) is 8.22. The summed E-state index contributed by atoms with van der Waals surface area (Å²) in [4.78, 5) is 0. The molecule has 1 unspecified atom stereocenters. The SMILES string of the molecule is CCOc1cccc(-c2c(F)cccc2C(O)(CCCCOC)[C@H]2CNCCO2)c1. The van der Waals surface area contributed by atoms with Crippen LogP contribution in [-0.4, -0.2) is 51.2 Å². The molecule has 2 aromatic rings. The van der Waals surface area contributed by atoms with Crippen LogP contribution in [0.25, 0.3) is 11.1 Å². The number of morpholine rings is 1. The van der Waals surface area contributed by atoms with Gasteiger partial charge in [0, 0.05) is 32.4 Å². The first-order valence-electron chi connectivity index (χ1n) is 10.7. The lowest BCUT2D eigenvalue weighted by atomic mass is 9.79.